The first-order chi connectivity index (χ1) is 12.2. The Balaban J connectivity index is 1.76. The summed E-state index contributed by atoms with van der Waals surface area (Å²) in [6.07, 6.45) is 2.93. The molecular weight excluding hydrogens is 314 g/mol. The third-order valence-electron chi connectivity index (χ3n) is 5.25. The second kappa shape index (κ2) is 5.22. The Bertz CT molecular complexity index is 1120. The molecule has 2 aromatic heterocycles. The summed E-state index contributed by atoms with van der Waals surface area (Å²) in [5, 5.41) is 15.9. The zero-order valence-electron chi connectivity index (χ0n) is 13.5. The molecule has 4 N–H and O–H groups in total. The Kier molecular flexibility index (Phi) is 2.99. The molecule has 0 radical (unpaired) electrons. The fraction of sp³-hybridized carbons (Fsp3) is 0.150. The van der Waals surface area contributed by atoms with Crippen molar-refractivity contribution in [3.05, 3.63) is 71.0 Å². The van der Waals surface area contributed by atoms with Gasteiger partial charge >= 0.3 is 0 Å². The third-order valence-corrected chi connectivity index (χ3v) is 5.25. The van der Waals surface area contributed by atoms with E-state index in [1.807, 2.05) is 18.3 Å². The molecule has 1 aliphatic heterocycles. The summed E-state index contributed by atoms with van der Waals surface area (Å²) in [6.45, 7) is 0.972. The second-order valence-electron chi connectivity index (χ2n) is 6.57. The quantitative estimate of drug-likeness (QED) is 0.516. The van der Waals surface area contributed by atoms with Crippen molar-refractivity contribution in [3.8, 4) is 0 Å². The minimum absolute atomic E-state index is 0.0467. The van der Waals surface area contributed by atoms with Crippen LogP contribution in [0.25, 0.3) is 21.8 Å². The summed E-state index contributed by atoms with van der Waals surface area (Å²) in [6, 6.07) is 13.6. The van der Waals surface area contributed by atoms with Crippen LogP contribution >= 0.6 is 0 Å². The van der Waals surface area contributed by atoms with Crippen LogP contribution in [0.2, 0.25) is 0 Å². The van der Waals surface area contributed by atoms with Crippen molar-refractivity contribution in [2.45, 2.75) is 12.5 Å². The summed E-state index contributed by atoms with van der Waals surface area (Å²) in [5.41, 5.74) is 5.69. The first kappa shape index (κ1) is 14.3. The molecule has 0 aliphatic carbocycles. The summed E-state index contributed by atoms with van der Waals surface area (Å²) >= 11 is 0. The van der Waals surface area contributed by atoms with Crippen molar-refractivity contribution in [1.29, 1.82) is 0 Å². The van der Waals surface area contributed by atoms with Gasteiger partial charge in [0.15, 0.2) is 6.04 Å². The number of quaternary nitrogens is 1. The lowest BCUT2D eigenvalue weighted by Crippen LogP contribution is -2.87. The van der Waals surface area contributed by atoms with Crippen LogP contribution in [-0.4, -0.2) is 22.5 Å². The van der Waals surface area contributed by atoms with Crippen LogP contribution in [0.4, 0.5) is 0 Å². The van der Waals surface area contributed by atoms with Gasteiger partial charge in [0.25, 0.3) is 0 Å². The molecule has 5 heteroatoms. The molecule has 5 rings (SSSR count). The van der Waals surface area contributed by atoms with Crippen LogP contribution in [0.15, 0.2) is 48.7 Å². The average molecular weight is 331 g/mol. The van der Waals surface area contributed by atoms with Crippen LogP contribution in [-0.2, 0) is 6.42 Å². The van der Waals surface area contributed by atoms with Crippen molar-refractivity contribution in [3.63, 3.8) is 0 Å². The number of aromatic nitrogens is 2. The standard InChI is InChI=1S/C20H17N3O2/c24-20(25)13-5-3-7-16-17(13)14(10-22-16)18-19-12(8-9-21-18)11-4-1-2-6-15(11)23-19/h1-7,10,18,21-23H,8-9H2,(H,24,25). The van der Waals surface area contributed by atoms with Crippen LogP contribution in [0.5, 0.6) is 0 Å². The van der Waals surface area contributed by atoms with Crippen molar-refractivity contribution in [2.75, 3.05) is 6.54 Å². The molecule has 25 heavy (non-hydrogen) atoms. The zero-order valence-corrected chi connectivity index (χ0v) is 13.5. The number of carboxylic acids is 1. The van der Waals surface area contributed by atoms with Crippen molar-refractivity contribution in [2.24, 2.45) is 0 Å². The van der Waals surface area contributed by atoms with Gasteiger partial charge in [0.2, 0.25) is 0 Å². The predicted octanol–water partition coefficient (Wildman–Crippen LogP) is 1.22. The number of para-hydroxylation sites is 1. The van der Waals surface area contributed by atoms with E-state index in [9.17, 15) is 9.90 Å². The Hall–Kier alpha value is -3.05. The highest BCUT2D eigenvalue weighted by atomic mass is 16.4. The molecule has 1 aliphatic rings. The molecule has 5 nitrogen and oxygen atoms in total. The van der Waals surface area contributed by atoms with Crippen molar-refractivity contribution < 1.29 is 15.2 Å². The van der Waals surface area contributed by atoms with E-state index in [0.717, 1.165) is 34.9 Å². The maximum Gasteiger partial charge on any atom is 0.155 e. The van der Waals surface area contributed by atoms with Crippen molar-refractivity contribution >= 4 is 27.8 Å². The lowest BCUT2D eigenvalue weighted by Gasteiger charge is -2.21. The van der Waals surface area contributed by atoms with Crippen LogP contribution in [0.1, 0.15) is 33.2 Å². The molecule has 124 valence electrons. The number of nitrogens with two attached hydrogens (primary N) is 1. The second-order valence-corrected chi connectivity index (χ2v) is 6.57. The first-order valence-electron chi connectivity index (χ1n) is 8.48. The number of hydrogen-bond acceptors (Lipinski definition) is 2. The summed E-state index contributed by atoms with van der Waals surface area (Å²) in [4.78, 5) is 18.4. The first-order valence-corrected chi connectivity index (χ1v) is 8.48. The van der Waals surface area contributed by atoms with Crippen LogP contribution < -0.4 is 10.4 Å². The van der Waals surface area contributed by atoms with Gasteiger partial charge in [-0.1, -0.05) is 30.3 Å². The van der Waals surface area contributed by atoms with E-state index in [2.05, 4.69) is 33.5 Å². The molecule has 0 saturated carbocycles. The number of nitrogens with one attached hydrogen (secondary N) is 2. The van der Waals surface area contributed by atoms with E-state index >= 15 is 0 Å². The topological polar surface area (TPSA) is 88.3 Å². The number of aromatic carboxylic acids is 1. The normalized spacial score (nSPS) is 17.0. The maximum atomic E-state index is 11.6. The predicted molar refractivity (Wildman–Crippen MR) is 93.3 cm³/mol. The summed E-state index contributed by atoms with van der Waals surface area (Å²) in [7, 11) is 0. The highest BCUT2D eigenvalue weighted by Crippen LogP contribution is 2.34. The fourth-order valence-corrected chi connectivity index (χ4v) is 4.18. The number of H-pyrrole nitrogens is 2. The number of hydrogen-bond donors (Lipinski definition) is 3. The van der Waals surface area contributed by atoms with Gasteiger partial charge in [-0.15, -0.1) is 0 Å². The van der Waals surface area contributed by atoms with E-state index in [4.69, 9.17) is 0 Å². The van der Waals surface area contributed by atoms with Gasteiger partial charge in [0, 0.05) is 45.6 Å². The Morgan fingerprint density at radius 2 is 1.96 bits per heavy atom. The molecule has 0 spiro atoms. The van der Waals surface area contributed by atoms with E-state index in [1.54, 1.807) is 12.1 Å². The van der Waals surface area contributed by atoms with Crippen LogP contribution in [0.3, 0.4) is 0 Å². The minimum atomic E-state index is -1.14. The van der Waals surface area contributed by atoms with Gasteiger partial charge in [0.05, 0.1) is 18.2 Å². The smallest absolute Gasteiger partial charge is 0.155 e. The van der Waals surface area contributed by atoms with Crippen molar-refractivity contribution in [1.82, 2.24) is 9.97 Å². The summed E-state index contributed by atoms with van der Waals surface area (Å²) < 4.78 is 0. The largest absolute Gasteiger partial charge is 0.545 e. The van der Waals surface area contributed by atoms with Gasteiger partial charge in [-0.05, 0) is 17.7 Å². The monoisotopic (exact) mass is 331 g/mol. The number of fused-ring (bicyclic) bond motifs is 4. The van der Waals surface area contributed by atoms with Gasteiger partial charge < -0.3 is 25.2 Å². The van der Waals surface area contributed by atoms with E-state index in [1.165, 1.54) is 16.6 Å². The Morgan fingerprint density at radius 1 is 1.12 bits per heavy atom. The van der Waals surface area contributed by atoms with Crippen LogP contribution in [0, 0.1) is 0 Å². The molecule has 1 unspecified atom stereocenters. The molecule has 3 heterocycles. The van der Waals surface area contributed by atoms with E-state index < -0.39 is 5.97 Å². The number of carbonyl (C=O) groups is 1. The lowest BCUT2D eigenvalue weighted by atomic mass is 9.93. The maximum absolute atomic E-state index is 11.6. The van der Waals surface area contributed by atoms with Gasteiger partial charge in [-0.25, -0.2) is 0 Å². The number of benzene rings is 2. The highest BCUT2D eigenvalue weighted by Gasteiger charge is 2.30. The molecule has 0 fully saturated rings. The molecule has 0 saturated heterocycles. The highest BCUT2D eigenvalue weighted by molar-refractivity contribution is 6.03. The number of carbonyl (C=O) groups excluding carboxylic acids is 1. The Labute approximate surface area is 143 Å². The van der Waals surface area contributed by atoms with Gasteiger partial charge in [-0.3, -0.25) is 0 Å². The minimum Gasteiger partial charge on any atom is -0.545 e. The third kappa shape index (κ3) is 2.03. The number of aromatic amines is 2. The fourth-order valence-electron chi connectivity index (χ4n) is 4.18. The molecule has 0 bridgehead atoms. The average Bonchev–Trinajstić information content (AvgIpc) is 3.22. The number of carboxylic acid groups (broad SMARTS) is 1. The molecule has 2 aromatic carbocycles. The molecule has 1 atom stereocenters. The molecule has 0 amide bonds. The zero-order chi connectivity index (χ0) is 17.0. The van der Waals surface area contributed by atoms with Gasteiger partial charge in [0.1, 0.15) is 0 Å². The molecule has 4 aromatic rings. The van der Waals surface area contributed by atoms with Gasteiger partial charge in [-0.2, -0.15) is 0 Å². The molecular formula is C20H17N3O2. The van der Waals surface area contributed by atoms with E-state index in [0.29, 0.717) is 0 Å². The summed E-state index contributed by atoms with van der Waals surface area (Å²) in [5.74, 6) is -1.14. The number of rotatable bonds is 2. The Morgan fingerprint density at radius 3 is 2.84 bits per heavy atom. The lowest BCUT2D eigenvalue weighted by molar-refractivity contribution is -0.690. The SMILES string of the molecule is O=C([O-])c1cccc2[nH]cc(C3[NH2+]CCc4c3[nH]c3ccccc43)c12. The van der Waals surface area contributed by atoms with E-state index in [-0.39, 0.29) is 11.6 Å².